The molecule has 1 amide bonds. The van der Waals surface area contributed by atoms with Crippen molar-refractivity contribution in [2.75, 3.05) is 6.54 Å². The number of carbonyl (C=O) groups is 1. The Bertz CT molecular complexity index is 588. The molecule has 19 heavy (non-hydrogen) atoms. The molecule has 0 saturated carbocycles. The minimum atomic E-state index is -0.435. The van der Waals surface area contributed by atoms with E-state index in [9.17, 15) is 4.79 Å². The highest BCUT2D eigenvalue weighted by Crippen LogP contribution is 2.49. The summed E-state index contributed by atoms with van der Waals surface area (Å²) in [6.45, 7) is 6.90. The van der Waals surface area contributed by atoms with Gasteiger partial charge in [-0.3, -0.25) is 4.79 Å². The van der Waals surface area contributed by atoms with Crippen LogP contribution in [0.1, 0.15) is 31.9 Å². The standard InChI is InChI=1S/C16H20N2O/c1-10(2)16-13-7-5-4-6-12(13)8-9-18(16)15(19)11(3)14(16)17/h4-7,10H,8-9,17H2,1-3H3. The summed E-state index contributed by atoms with van der Waals surface area (Å²) in [5, 5.41) is 0. The van der Waals surface area contributed by atoms with Crippen molar-refractivity contribution in [3.63, 3.8) is 0 Å². The molecule has 0 spiro atoms. The summed E-state index contributed by atoms with van der Waals surface area (Å²) in [6.07, 6.45) is 0.914. The second kappa shape index (κ2) is 3.86. The first-order valence-electron chi connectivity index (χ1n) is 6.88. The first-order valence-corrected chi connectivity index (χ1v) is 6.88. The Balaban J connectivity index is 2.33. The summed E-state index contributed by atoms with van der Waals surface area (Å²) in [6, 6.07) is 8.38. The van der Waals surface area contributed by atoms with Crippen molar-refractivity contribution in [1.29, 1.82) is 0 Å². The van der Waals surface area contributed by atoms with Gasteiger partial charge in [-0.25, -0.2) is 0 Å². The summed E-state index contributed by atoms with van der Waals surface area (Å²) in [4.78, 5) is 14.4. The molecule has 2 N–H and O–H groups in total. The van der Waals surface area contributed by atoms with Gasteiger partial charge in [0.2, 0.25) is 0 Å². The van der Waals surface area contributed by atoms with Crippen LogP contribution in [0.25, 0.3) is 0 Å². The minimum absolute atomic E-state index is 0.0979. The quantitative estimate of drug-likeness (QED) is 0.837. The maximum absolute atomic E-state index is 12.5. The lowest BCUT2D eigenvalue weighted by molar-refractivity contribution is -0.132. The lowest BCUT2D eigenvalue weighted by Gasteiger charge is -2.47. The van der Waals surface area contributed by atoms with Crippen LogP contribution < -0.4 is 5.73 Å². The molecule has 3 rings (SSSR count). The van der Waals surface area contributed by atoms with Gasteiger partial charge in [-0.05, 0) is 30.4 Å². The van der Waals surface area contributed by atoms with E-state index < -0.39 is 5.54 Å². The van der Waals surface area contributed by atoms with Gasteiger partial charge in [-0.1, -0.05) is 38.1 Å². The zero-order valence-electron chi connectivity index (χ0n) is 11.7. The molecule has 0 aliphatic carbocycles. The van der Waals surface area contributed by atoms with Crippen molar-refractivity contribution in [2.24, 2.45) is 11.7 Å². The first kappa shape index (κ1) is 12.3. The van der Waals surface area contributed by atoms with E-state index in [1.807, 2.05) is 17.9 Å². The number of hydrogen-bond donors (Lipinski definition) is 1. The predicted octanol–water partition coefficient (Wildman–Crippen LogP) is 2.17. The van der Waals surface area contributed by atoms with Crippen molar-refractivity contribution in [3.05, 3.63) is 46.7 Å². The molecule has 1 atom stereocenters. The van der Waals surface area contributed by atoms with Crippen molar-refractivity contribution in [1.82, 2.24) is 4.90 Å². The van der Waals surface area contributed by atoms with Gasteiger partial charge in [0, 0.05) is 17.8 Å². The smallest absolute Gasteiger partial charge is 0.252 e. The van der Waals surface area contributed by atoms with E-state index in [4.69, 9.17) is 5.73 Å². The summed E-state index contributed by atoms with van der Waals surface area (Å²) >= 11 is 0. The third kappa shape index (κ3) is 1.30. The number of hydrogen-bond acceptors (Lipinski definition) is 2. The Morgan fingerprint density at radius 2 is 2.00 bits per heavy atom. The lowest BCUT2D eigenvalue weighted by atomic mass is 9.72. The number of amides is 1. The maximum Gasteiger partial charge on any atom is 0.252 e. The summed E-state index contributed by atoms with van der Waals surface area (Å²) in [5.74, 6) is 0.357. The van der Waals surface area contributed by atoms with Gasteiger partial charge in [-0.15, -0.1) is 0 Å². The molecule has 2 aliphatic rings. The molecule has 3 heteroatoms. The van der Waals surface area contributed by atoms with Gasteiger partial charge in [-0.2, -0.15) is 0 Å². The summed E-state index contributed by atoms with van der Waals surface area (Å²) in [7, 11) is 0. The topological polar surface area (TPSA) is 46.3 Å². The molecule has 0 aromatic heterocycles. The van der Waals surface area contributed by atoms with Crippen LogP contribution in [-0.4, -0.2) is 17.4 Å². The number of rotatable bonds is 1. The van der Waals surface area contributed by atoms with Gasteiger partial charge in [0.1, 0.15) is 5.54 Å². The van der Waals surface area contributed by atoms with E-state index in [1.165, 1.54) is 11.1 Å². The number of nitrogens with zero attached hydrogens (tertiary/aromatic N) is 1. The SMILES string of the molecule is CC1=C(N)C2(C(C)C)c3ccccc3CCN2C1=O. The van der Waals surface area contributed by atoms with E-state index in [0.717, 1.165) is 18.7 Å². The molecule has 0 saturated heterocycles. The molecule has 0 fully saturated rings. The largest absolute Gasteiger partial charge is 0.399 e. The molecule has 1 aromatic rings. The third-order valence-corrected chi connectivity index (χ3v) is 4.67. The van der Waals surface area contributed by atoms with Crippen molar-refractivity contribution < 1.29 is 4.79 Å². The minimum Gasteiger partial charge on any atom is -0.399 e. The highest BCUT2D eigenvalue weighted by atomic mass is 16.2. The van der Waals surface area contributed by atoms with Crippen LogP contribution in [0.3, 0.4) is 0 Å². The van der Waals surface area contributed by atoms with Crippen LogP contribution in [-0.2, 0) is 16.8 Å². The molecule has 2 aliphatic heterocycles. The fourth-order valence-electron chi connectivity index (χ4n) is 3.75. The van der Waals surface area contributed by atoms with Gasteiger partial charge in [0.15, 0.2) is 0 Å². The first-order chi connectivity index (χ1) is 9.01. The average molecular weight is 256 g/mol. The van der Waals surface area contributed by atoms with Crippen LogP contribution in [0.4, 0.5) is 0 Å². The highest BCUT2D eigenvalue weighted by molar-refractivity contribution is 5.98. The number of carbonyl (C=O) groups excluding carboxylic acids is 1. The molecule has 100 valence electrons. The van der Waals surface area contributed by atoms with E-state index >= 15 is 0 Å². The van der Waals surface area contributed by atoms with Crippen LogP contribution in [0, 0.1) is 5.92 Å². The lowest BCUT2D eigenvalue weighted by Crippen LogP contribution is -2.54. The van der Waals surface area contributed by atoms with Crippen LogP contribution in [0.5, 0.6) is 0 Å². The highest BCUT2D eigenvalue weighted by Gasteiger charge is 2.54. The molecule has 1 aromatic carbocycles. The molecular formula is C16H20N2O. The van der Waals surface area contributed by atoms with Gasteiger partial charge in [0.05, 0.1) is 0 Å². The Morgan fingerprint density at radius 3 is 2.68 bits per heavy atom. The molecule has 0 radical (unpaired) electrons. The second-order valence-electron chi connectivity index (χ2n) is 5.82. The molecular weight excluding hydrogens is 236 g/mol. The van der Waals surface area contributed by atoms with Crippen LogP contribution in [0.2, 0.25) is 0 Å². The molecule has 3 nitrogen and oxygen atoms in total. The van der Waals surface area contributed by atoms with E-state index in [2.05, 4.69) is 32.0 Å². The summed E-state index contributed by atoms with van der Waals surface area (Å²) < 4.78 is 0. The van der Waals surface area contributed by atoms with Gasteiger partial charge >= 0.3 is 0 Å². The molecule has 0 bridgehead atoms. The molecule has 2 heterocycles. The second-order valence-corrected chi connectivity index (χ2v) is 5.82. The van der Waals surface area contributed by atoms with Crippen molar-refractivity contribution >= 4 is 5.91 Å². The Labute approximate surface area is 114 Å². The van der Waals surface area contributed by atoms with Crippen molar-refractivity contribution in [3.8, 4) is 0 Å². The Morgan fingerprint density at radius 1 is 1.32 bits per heavy atom. The van der Waals surface area contributed by atoms with Gasteiger partial charge in [0.25, 0.3) is 5.91 Å². The molecule has 1 unspecified atom stereocenters. The zero-order chi connectivity index (χ0) is 13.8. The fourth-order valence-corrected chi connectivity index (χ4v) is 3.75. The fraction of sp³-hybridized carbons (Fsp3) is 0.438. The van der Waals surface area contributed by atoms with Crippen LogP contribution >= 0.6 is 0 Å². The van der Waals surface area contributed by atoms with Crippen molar-refractivity contribution in [2.45, 2.75) is 32.7 Å². The number of fused-ring (bicyclic) bond motifs is 3. The zero-order valence-corrected chi connectivity index (χ0v) is 11.7. The maximum atomic E-state index is 12.5. The van der Waals surface area contributed by atoms with Crippen LogP contribution in [0.15, 0.2) is 35.5 Å². The third-order valence-electron chi connectivity index (χ3n) is 4.67. The normalized spacial score (nSPS) is 25.9. The van der Waals surface area contributed by atoms with E-state index in [-0.39, 0.29) is 11.8 Å². The average Bonchev–Trinajstić information content (AvgIpc) is 2.61. The predicted molar refractivity (Wildman–Crippen MR) is 75.3 cm³/mol. The Hall–Kier alpha value is -1.77. The number of benzene rings is 1. The Kier molecular flexibility index (Phi) is 2.49. The van der Waals surface area contributed by atoms with Gasteiger partial charge < -0.3 is 10.6 Å². The monoisotopic (exact) mass is 256 g/mol. The number of nitrogens with two attached hydrogens (primary N) is 1. The van der Waals surface area contributed by atoms with E-state index in [1.54, 1.807) is 0 Å². The summed E-state index contributed by atoms with van der Waals surface area (Å²) in [5.41, 5.74) is 9.93. The van der Waals surface area contributed by atoms with E-state index in [0.29, 0.717) is 5.57 Å².